The molecular weight excluding hydrogens is 217 g/mol. The first-order valence-electron chi connectivity index (χ1n) is 5.32. The third-order valence-corrected chi connectivity index (χ3v) is 2.54. The smallest absolute Gasteiger partial charge is 0.123 e. The van der Waals surface area contributed by atoms with Crippen LogP contribution in [0.5, 0.6) is 0 Å². The Hall–Kier alpha value is -2.10. The first kappa shape index (κ1) is 11.4. The molecule has 4 heteroatoms. The minimum atomic E-state index is -0.217. The van der Waals surface area contributed by atoms with Crippen molar-refractivity contribution in [1.29, 1.82) is 0 Å². The van der Waals surface area contributed by atoms with Crippen LogP contribution in [0.1, 0.15) is 5.56 Å². The van der Waals surface area contributed by atoms with Gasteiger partial charge in [0.15, 0.2) is 0 Å². The Morgan fingerprint density at radius 1 is 1.18 bits per heavy atom. The maximum absolute atomic E-state index is 12.8. The van der Waals surface area contributed by atoms with E-state index in [1.807, 2.05) is 18.0 Å². The molecule has 3 nitrogen and oxygen atoms in total. The fraction of sp³-hybridized carbons (Fsp3) is 0.154. The van der Waals surface area contributed by atoms with Crippen molar-refractivity contribution < 1.29 is 4.39 Å². The number of halogens is 1. The molecule has 0 unspecified atom stereocenters. The molecule has 17 heavy (non-hydrogen) atoms. The number of hydrogen-bond acceptors (Lipinski definition) is 3. The largest absolute Gasteiger partial charge is 0.384 e. The summed E-state index contributed by atoms with van der Waals surface area (Å²) in [4.78, 5) is 6.06. The van der Waals surface area contributed by atoms with E-state index in [1.54, 1.807) is 24.4 Å². The Morgan fingerprint density at radius 2 is 1.88 bits per heavy atom. The molecule has 0 fully saturated rings. The molecule has 0 aliphatic heterocycles. The van der Waals surface area contributed by atoms with Crippen LogP contribution >= 0.6 is 0 Å². The van der Waals surface area contributed by atoms with Gasteiger partial charge in [-0.1, -0.05) is 12.1 Å². The first-order chi connectivity index (χ1) is 8.15. The Labute approximate surface area is 99.7 Å². The van der Waals surface area contributed by atoms with E-state index < -0.39 is 0 Å². The number of rotatable bonds is 3. The molecule has 2 aromatic rings. The number of nitrogens with zero attached hydrogens (tertiary/aromatic N) is 2. The number of hydrogen-bond donors (Lipinski definition) is 1. The second kappa shape index (κ2) is 4.82. The van der Waals surface area contributed by atoms with Gasteiger partial charge in [-0.05, 0) is 29.8 Å². The minimum absolute atomic E-state index is 0.217. The summed E-state index contributed by atoms with van der Waals surface area (Å²) < 4.78 is 12.8. The third kappa shape index (κ3) is 2.93. The molecule has 2 rings (SSSR count). The molecule has 1 aromatic heterocycles. The summed E-state index contributed by atoms with van der Waals surface area (Å²) in [6.07, 6.45) is 1.72. The molecule has 88 valence electrons. The second-order valence-electron chi connectivity index (χ2n) is 3.92. The predicted octanol–water partition coefficient (Wildman–Crippen LogP) is 2.44. The number of pyridine rings is 1. The van der Waals surface area contributed by atoms with Gasteiger partial charge in [0.05, 0.1) is 11.9 Å². The van der Waals surface area contributed by atoms with Gasteiger partial charge in [0, 0.05) is 13.6 Å². The molecule has 0 bridgehead atoms. The number of anilines is 2. The van der Waals surface area contributed by atoms with Crippen molar-refractivity contribution in [2.24, 2.45) is 0 Å². The van der Waals surface area contributed by atoms with Gasteiger partial charge < -0.3 is 10.6 Å². The molecule has 0 aliphatic carbocycles. The zero-order chi connectivity index (χ0) is 12.3. The first-order valence-corrected chi connectivity index (χ1v) is 5.32. The van der Waals surface area contributed by atoms with Gasteiger partial charge >= 0.3 is 0 Å². The topological polar surface area (TPSA) is 42.1 Å². The summed E-state index contributed by atoms with van der Waals surface area (Å²) in [5.74, 6) is 0.287. The van der Waals surface area contributed by atoms with Crippen molar-refractivity contribution >= 4 is 11.5 Å². The van der Waals surface area contributed by atoms with Crippen LogP contribution < -0.4 is 10.6 Å². The van der Waals surface area contributed by atoms with Crippen LogP contribution in [0, 0.1) is 5.82 Å². The van der Waals surface area contributed by atoms with E-state index in [0.717, 1.165) is 11.3 Å². The normalized spacial score (nSPS) is 10.2. The molecule has 1 heterocycles. The number of benzene rings is 1. The number of nitrogen functional groups attached to an aromatic ring is 1. The van der Waals surface area contributed by atoms with Gasteiger partial charge in [-0.2, -0.15) is 0 Å². The molecule has 0 atom stereocenters. The van der Waals surface area contributed by atoms with Crippen LogP contribution in [-0.2, 0) is 6.54 Å². The van der Waals surface area contributed by atoms with E-state index >= 15 is 0 Å². The van der Waals surface area contributed by atoms with Crippen molar-refractivity contribution in [1.82, 2.24) is 4.98 Å². The maximum Gasteiger partial charge on any atom is 0.123 e. The van der Waals surface area contributed by atoms with Crippen LogP contribution in [0.15, 0.2) is 42.6 Å². The fourth-order valence-electron chi connectivity index (χ4n) is 1.58. The summed E-state index contributed by atoms with van der Waals surface area (Å²) >= 11 is 0. The van der Waals surface area contributed by atoms with E-state index in [-0.39, 0.29) is 5.82 Å². The number of aromatic nitrogens is 1. The quantitative estimate of drug-likeness (QED) is 0.882. The van der Waals surface area contributed by atoms with Gasteiger partial charge in [-0.25, -0.2) is 9.37 Å². The van der Waals surface area contributed by atoms with E-state index in [9.17, 15) is 4.39 Å². The van der Waals surface area contributed by atoms with Gasteiger partial charge in [-0.3, -0.25) is 0 Å². The van der Waals surface area contributed by atoms with E-state index in [4.69, 9.17) is 5.73 Å². The summed E-state index contributed by atoms with van der Waals surface area (Å²) in [6.45, 7) is 0.700. The molecule has 0 radical (unpaired) electrons. The Balaban J connectivity index is 2.08. The van der Waals surface area contributed by atoms with Crippen molar-refractivity contribution in [3.63, 3.8) is 0 Å². The highest BCUT2D eigenvalue weighted by Gasteiger charge is 2.02. The van der Waals surface area contributed by atoms with Gasteiger partial charge in [0.25, 0.3) is 0 Å². The highest BCUT2D eigenvalue weighted by molar-refractivity contribution is 5.47. The van der Waals surface area contributed by atoms with Crippen LogP contribution in [0.4, 0.5) is 15.9 Å². The number of nitrogens with two attached hydrogens (primary N) is 1. The van der Waals surface area contributed by atoms with Crippen LogP contribution in [0.3, 0.4) is 0 Å². The SMILES string of the molecule is CN(Cc1ccc(F)cc1)c1ccc(N)nc1. The summed E-state index contributed by atoms with van der Waals surface area (Å²) in [5.41, 5.74) is 7.55. The van der Waals surface area contributed by atoms with E-state index in [2.05, 4.69) is 4.98 Å². The fourth-order valence-corrected chi connectivity index (χ4v) is 1.58. The zero-order valence-electron chi connectivity index (χ0n) is 9.60. The van der Waals surface area contributed by atoms with Crippen LogP contribution in [0.25, 0.3) is 0 Å². The van der Waals surface area contributed by atoms with Crippen LogP contribution in [-0.4, -0.2) is 12.0 Å². The van der Waals surface area contributed by atoms with Gasteiger partial charge in [0.2, 0.25) is 0 Å². The maximum atomic E-state index is 12.8. The lowest BCUT2D eigenvalue weighted by Gasteiger charge is -2.18. The van der Waals surface area contributed by atoms with Gasteiger partial charge in [-0.15, -0.1) is 0 Å². The summed E-state index contributed by atoms with van der Waals surface area (Å²) in [7, 11) is 1.95. The molecule has 2 N–H and O–H groups in total. The summed E-state index contributed by atoms with van der Waals surface area (Å²) in [5, 5.41) is 0. The highest BCUT2D eigenvalue weighted by Crippen LogP contribution is 2.15. The monoisotopic (exact) mass is 231 g/mol. The lowest BCUT2D eigenvalue weighted by molar-refractivity contribution is 0.627. The molecular formula is C13H14FN3. The minimum Gasteiger partial charge on any atom is -0.384 e. The second-order valence-corrected chi connectivity index (χ2v) is 3.92. The average molecular weight is 231 g/mol. The molecule has 0 saturated heterocycles. The average Bonchev–Trinajstić information content (AvgIpc) is 2.33. The highest BCUT2D eigenvalue weighted by atomic mass is 19.1. The molecule has 0 spiro atoms. The molecule has 0 saturated carbocycles. The van der Waals surface area contributed by atoms with E-state index in [0.29, 0.717) is 12.4 Å². The van der Waals surface area contributed by atoms with Crippen molar-refractivity contribution in [2.45, 2.75) is 6.54 Å². The van der Waals surface area contributed by atoms with E-state index in [1.165, 1.54) is 12.1 Å². The Bertz CT molecular complexity index is 479. The van der Waals surface area contributed by atoms with Crippen LogP contribution in [0.2, 0.25) is 0 Å². The Kier molecular flexibility index (Phi) is 3.23. The summed E-state index contributed by atoms with van der Waals surface area (Å²) in [6, 6.07) is 10.1. The molecule has 1 aromatic carbocycles. The molecule has 0 aliphatic rings. The predicted molar refractivity (Wildman–Crippen MR) is 67.2 cm³/mol. The molecule has 0 amide bonds. The lowest BCUT2D eigenvalue weighted by atomic mass is 10.2. The van der Waals surface area contributed by atoms with Crippen molar-refractivity contribution in [3.8, 4) is 0 Å². The van der Waals surface area contributed by atoms with Gasteiger partial charge in [0.1, 0.15) is 11.6 Å². The Morgan fingerprint density at radius 3 is 2.47 bits per heavy atom. The lowest BCUT2D eigenvalue weighted by Crippen LogP contribution is -2.16. The van der Waals surface area contributed by atoms with Crippen molar-refractivity contribution in [2.75, 3.05) is 17.7 Å². The third-order valence-electron chi connectivity index (χ3n) is 2.54. The standard InChI is InChI=1S/C13H14FN3/c1-17(12-6-7-13(15)16-8-12)9-10-2-4-11(14)5-3-10/h2-8H,9H2,1H3,(H2,15,16). The van der Waals surface area contributed by atoms with Crippen molar-refractivity contribution in [3.05, 3.63) is 54.0 Å². The zero-order valence-corrected chi connectivity index (χ0v) is 9.60.